The summed E-state index contributed by atoms with van der Waals surface area (Å²) in [6.45, 7) is 8.38. The van der Waals surface area contributed by atoms with Crippen molar-refractivity contribution in [1.82, 2.24) is 10.0 Å². The Morgan fingerprint density at radius 1 is 1.16 bits per heavy atom. The quantitative estimate of drug-likeness (QED) is 0.533. The first-order valence-corrected chi connectivity index (χ1v) is 8.77. The molecule has 0 saturated heterocycles. The van der Waals surface area contributed by atoms with Gasteiger partial charge < -0.3 is 10.1 Å². The van der Waals surface area contributed by atoms with Gasteiger partial charge in [-0.1, -0.05) is 20.8 Å². The third-order valence-corrected chi connectivity index (χ3v) is 4.41. The highest BCUT2D eigenvalue weighted by Gasteiger charge is 2.20. The number of sulfonamides is 1. The molecule has 0 fully saturated rings. The van der Waals surface area contributed by atoms with Crippen molar-refractivity contribution in [2.24, 2.45) is 5.92 Å². The molecule has 0 bridgehead atoms. The molecule has 6 heteroatoms. The summed E-state index contributed by atoms with van der Waals surface area (Å²) in [5.74, 6) is 0.411. The Hall–Kier alpha value is -0.170. The average molecular weight is 294 g/mol. The van der Waals surface area contributed by atoms with Crippen LogP contribution in [0.1, 0.15) is 40.0 Å². The van der Waals surface area contributed by atoms with Crippen LogP contribution in [-0.4, -0.2) is 47.0 Å². The van der Waals surface area contributed by atoms with E-state index in [0.29, 0.717) is 13.0 Å². The van der Waals surface area contributed by atoms with E-state index in [1.807, 2.05) is 13.8 Å². The zero-order chi connectivity index (χ0) is 14.7. The highest BCUT2D eigenvalue weighted by Crippen LogP contribution is 2.05. The summed E-state index contributed by atoms with van der Waals surface area (Å²) in [5.41, 5.74) is 0. The molecular weight excluding hydrogens is 264 g/mol. The van der Waals surface area contributed by atoms with E-state index in [1.165, 1.54) is 0 Å². The van der Waals surface area contributed by atoms with Crippen LogP contribution in [0, 0.1) is 5.92 Å². The van der Waals surface area contributed by atoms with Crippen LogP contribution in [0.15, 0.2) is 0 Å². The molecule has 0 spiro atoms. The van der Waals surface area contributed by atoms with Gasteiger partial charge in [0.05, 0.1) is 12.4 Å². The summed E-state index contributed by atoms with van der Waals surface area (Å²) >= 11 is 0. The number of unbranched alkanes of at least 4 members (excludes halogenated alkanes) is 1. The molecule has 0 aliphatic carbocycles. The molecule has 0 aromatic carbocycles. The first kappa shape index (κ1) is 18.8. The van der Waals surface area contributed by atoms with Crippen LogP contribution < -0.4 is 10.0 Å². The zero-order valence-corrected chi connectivity index (χ0v) is 13.6. The maximum atomic E-state index is 11.9. The van der Waals surface area contributed by atoms with Gasteiger partial charge in [-0.3, -0.25) is 0 Å². The predicted molar refractivity (Wildman–Crippen MR) is 79.8 cm³/mol. The predicted octanol–water partition coefficient (Wildman–Crippen LogP) is 1.36. The molecule has 2 N–H and O–H groups in total. The minimum absolute atomic E-state index is 0.145. The summed E-state index contributed by atoms with van der Waals surface area (Å²) in [5, 5.41) is 3.27. The lowest BCUT2D eigenvalue weighted by Crippen LogP contribution is -2.42. The SMILES string of the molecule is CCCNCCCCS(=O)(=O)NC(COC)C(C)C. The Kier molecular flexibility index (Phi) is 10.5. The van der Waals surface area contributed by atoms with Gasteiger partial charge >= 0.3 is 0 Å². The Bertz CT molecular complexity index is 305. The number of methoxy groups -OCH3 is 1. The fourth-order valence-electron chi connectivity index (χ4n) is 1.68. The third kappa shape index (κ3) is 10.3. The lowest BCUT2D eigenvalue weighted by Gasteiger charge is -2.21. The first-order valence-electron chi connectivity index (χ1n) is 7.12. The molecule has 19 heavy (non-hydrogen) atoms. The molecule has 1 unspecified atom stereocenters. The summed E-state index contributed by atoms with van der Waals surface area (Å²) in [4.78, 5) is 0. The summed E-state index contributed by atoms with van der Waals surface area (Å²) in [7, 11) is -1.61. The number of ether oxygens (including phenoxy) is 1. The standard InChI is InChI=1S/C13H30N2O3S/c1-5-8-14-9-6-7-10-19(16,17)15-13(11-18-4)12(2)3/h12-15H,5-11H2,1-4H3. The second-order valence-corrected chi connectivity index (χ2v) is 7.07. The second-order valence-electron chi connectivity index (χ2n) is 5.20. The van der Waals surface area contributed by atoms with Crippen LogP contribution in [0.3, 0.4) is 0 Å². The van der Waals surface area contributed by atoms with Crippen molar-refractivity contribution in [1.29, 1.82) is 0 Å². The van der Waals surface area contributed by atoms with E-state index in [1.54, 1.807) is 7.11 Å². The Balaban J connectivity index is 3.96. The Labute approximate surface area is 118 Å². The highest BCUT2D eigenvalue weighted by molar-refractivity contribution is 7.89. The minimum atomic E-state index is -3.20. The van der Waals surface area contributed by atoms with Crippen molar-refractivity contribution >= 4 is 10.0 Å². The van der Waals surface area contributed by atoms with Crippen molar-refractivity contribution in [3.63, 3.8) is 0 Å². The molecule has 0 amide bonds. The molecule has 0 heterocycles. The molecule has 0 radical (unpaired) electrons. The van der Waals surface area contributed by atoms with Gasteiger partial charge in [0.15, 0.2) is 0 Å². The van der Waals surface area contributed by atoms with Gasteiger partial charge in [0, 0.05) is 13.2 Å². The van der Waals surface area contributed by atoms with Crippen molar-refractivity contribution in [2.45, 2.75) is 46.1 Å². The van der Waals surface area contributed by atoms with Crippen LogP contribution in [-0.2, 0) is 14.8 Å². The van der Waals surface area contributed by atoms with E-state index in [4.69, 9.17) is 4.74 Å². The summed E-state index contributed by atoms with van der Waals surface area (Å²) < 4.78 is 31.6. The van der Waals surface area contributed by atoms with E-state index in [9.17, 15) is 8.42 Å². The van der Waals surface area contributed by atoms with Gasteiger partial charge in [-0.05, 0) is 38.3 Å². The number of rotatable bonds is 12. The molecular formula is C13H30N2O3S. The molecule has 0 saturated carbocycles. The zero-order valence-electron chi connectivity index (χ0n) is 12.7. The summed E-state index contributed by atoms with van der Waals surface area (Å²) in [6.07, 6.45) is 2.67. The number of hydrogen-bond donors (Lipinski definition) is 2. The largest absolute Gasteiger partial charge is 0.383 e. The maximum absolute atomic E-state index is 11.9. The van der Waals surface area contributed by atoms with Crippen LogP contribution in [0.5, 0.6) is 0 Å². The smallest absolute Gasteiger partial charge is 0.211 e. The molecule has 5 nitrogen and oxygen atoms in total. The van der Waals surface area contributed by atoms with Crippen molar-refractivity contribution < 1.29 is 13.2 Å². The van der Waals surface area contributed by atoms with Crippen molar-refractivity contribution in [2.75, 3.05) is 32.6 Å². The molecule has 0 rings (SSSR count). The lowest BCUT2D eigenvalue weighted by molar-refractivity contribution is 0.157. The minimum Gasteiger partial charge on any atom is -0.383 e. The number of nitrogens with one attached hydrogen (secondary N) is 2. The van der Waals surface area contributed by atoms with Crippen LogP contribution in [0.25, 0.3) is 0 Å². The molecule has 0 aliphatic heterocycles. The Morgan fingerprint density at radius 3 is 2.37 bits per heavy atom. The topological polar surface area (TPSA) is 67.4 Å². The second kappa shape index (κ2) is 10.6. The van der Waals surface area contributed by atoms with Crippen molar-refractivity contribution in [3.8, 4) is 0 Å². The van der Waals surface area contributed by atoms with Crippen molar-refractivity contribution in [3.05, 3.63) is 0 Å². The summed E-state index contributed by atoms with van der Waals surface area (Å²) in [6, 6.07) is -0.145. The molecule has 0 aliphatic rings. The van der Waals surface area contributed by atoms with Gasteiger partial charge in [0.1, 0.15) is 0 Å². The molecule has 0 aromatic rings. The first-order chi connectivity index (χ1) is 8.93. The van der Waals surface area contributed by atoms with E-state index in [2.05, 4.69) is 17.0 Å². The normalized spacial score (nSPS) is 13.9. The average Bonchev–Trinajstić information content (AvgIpc) is 2.32. The van der Waals surface area contributed by atoms with Gasteiger partial charge in [0.2, 0.25) is 10.0 Å². The lowest BCUT2D eigenvalue weighted by atomic mass is 10.1. The molecule has 116 valence electrons. The molecule has 0 aromatic heterocycles. The van der Waals surface area contributed by atoms with Crippen LogP contribution in [0.4, 0.5) is 0 Å². The van der Waals surface area contributed by atoms with Gasteiger partial charge in [-0.25, -0.2) is 13.1 Å². The van der Waals surface area contributed by atoms with E-state index < -0.39 is 10.0 Å². The fourth-order valence-corrected chi connectivity index (χ4v) is 3.18. The molecule has 1 atom stereocenters. The number of hydrogen-bond acceptors (Lipinski definition) is 4. The van der Waals surface area contributed by atoms with E-state index in [-0.39, 0.29) is 17.7 Å². The van der Waals surface area contributed by atoms with Crippen LogP contribution in [0.2, 0.25) is 0 Å². The van der Waals surface area contributed by atoms with Crippen LogP contribution >= 0.6 is 0 Å². The fraction of sp³-hybridized carbons (Fsp3) is 1.00. The Morgan fingerprint density at radius 2 is 1.84 bits per heavy atom. The maximum Gasteiger partial charge on any atom is 0.211 e. The monoisotopic (exact) mass is 294 g/mol. The van der Waals surface area contributed by atoms with E-state index >= 15 is 0 Å². The van der Waals surface area contributed by atoms with Gasteiger partial charge in [-0.15, -0.1) is 0 Å². The van der Waals surface area contributed by atoms with Gasteiger partial charge in [-0.2, -0.15) is 0 Å². The third-order valence-electron chi connectivity index (χ3n) is 2.93. The van der Waals surface area contributed by atoms with Gasteiger partial charge in [0.25, 0.3) is 0 Å². The highest BCUT2D eigenvalue weighted by atomic mass is 32.2. The van der Waals surface area contributed by atoms with E-state index in [0.717, 1.165) is 25.9 Å².